The molecule has 0 saturated carbocycles. The summed E-state index contributed by atoms with van der Waals surface area (Å²) in [7, 11) is 0. The molecule has 4 aromatic rings. The van der Waals surface area contributed by atoms with Gasteiger partial charge in [-0.15, -0.1) is 0 Å². The van der Waals surface area contributed by atoms with Gasteiger partial charge in [-0.3, -0.25) is 9.59 Å². The van der Waals surface area contributed by atoms with Gasteiger partial charge in [-0.2, -0.15) is 0 Å². The molecule has 4 aliphatic rings. The van der Waals surface area contributed by atoms with Crippen molar-refractivity contribution in [3.8, 4) is 5.75 Å². The summed E-state index contributed by atoms with van der Waals surface area (Å²) >= 11 is 0. The second-order valence-corrected chi connectivity index (χ2v) is 9.14. The molecular formula is C29H19NO5. The van der Waals surface area contributed by atoms with Crippen LogP contribution >= 0.6 is 0 Å². The first kappa shape index (κ1) is 20.0. The van der Waals surface area contributed by atoms with Gasteiger partial charge >= 0.3 is 5.97 Å². The van der Waals surface area contributed by atoms with Gasteiger partial charge in [0.25, 0.3) is 0 Å². The SMILES string of the molecule is O=C(Oc1ccc(N2C(=O)C3C4c5ccccc5C(c5ccccc54)C3C2=O)cc1)c1ccco1. The van der Waals surface area contributed by atoms with Crippen LogP contribution in [-0.2, 0) is 9.59 Å². The number of furan rings is 1. The molecule has 0 radical (unpaired) electrons. The number of anilines is 1. The van der Waals surface area contributed by atoms with Crippen molar-refractivity contribution < 1.29 is 23.5 Å². The monoisotopic (exact) mass is 461 g/mol. The largest absolute Gasteiger partial charge is 0.457 e. The molecule has 2 unspecified atom stereocenters. The third-order valence-corrected chi connectivity index (χ3v) is 7.48. The summed E-state index contributed by atoms with van der Waals surface area (Å²) < 4.78 is 10.4. The van der Waals surface area contributed by atoms with Crippen LogP contribution in [-0.4, -0.2) is 17.8 Å². The van der Waals surface area contributed by atoms with Crippen molar-refractivity contribution in [1.82, 2.24) is 0 Å². The minimum absolute atomic E-state index is 0.0951. The van der Waals surface area contributed by atoms with Crippen molar-refractivity contribution in [3.63, 3.8) is 0 Å². The quantitative estimate of drug-likeness (QED) is 0.247. The molecule has 6 heteroatoms. The lowest BCUT2D eigenvalue weighted by atomic mass is 9.55. The van der Waals surface area contributed by atoms with Crippen molar-refractivity contribution >= 4 is 23.5 Å². The van der Waals surface area contributed by atoms with Crippen molar-refractivity contribution in [2.45, 2.75) is 11.8 Å². The summed E-state index contributed by atoms with van der Waals surface area (Å²) in [5, 5.41) is 0. The first-order valence-corrected chi connectivity index (χ1v) is 11.5. The Morgan fingerprint density at radius 1 is 0.686 bits per heavy atom. The Kier molecular flexibility index (Phi) is 4.15. The molecule has 8 rings (SSSR count). The lowest BCUT2D eigenvalue weighted by molar-refractivity contribution is -0.122. The van der Waals surface area contributed by atoms with Crippen LogP contribution in [0.1, 0.15) is 44.6 Å². The summed E-state index contributed by atoms with van der Waals surface area (Å²) in [6, 6.07) is 25.9. The second kappa shape index (κ2) is 7.27. The highest BCUT2D eigenvalue weighted by atomic mass is 16.5. The van der Waals surface area contributed by atoms with Gasteiger partial charge in [0.15, 0.2) is 0 Å². The van der Waals surface area contributed by atoms with Crippen LogP contribution in [0.2, 0.25) is 0 Å². The van der Waals surface area contributed by atoms with E-state index in [9.17, 15) is 14.4 Å². The minimum atomic E-state index is -0.616. The van der Waals surface area contributed by atoms with E-state index in [0.29, 0.717) is 11.4 Å². The topological polar surface area (TPSA) is 76.8 Å². The van der Waals surface area contributed by atoms with Gasteiger partial charge in [-0.25, -0.2) is 9.69 Å². The fourth-order valence-electron chi connectivity index (χ4n) is 6.15. The Bertz CT molecular complexity index is 1390. The average Bonchev–Trinajstić information content (AvgIpc) is 3.52. The maximum absolute atomic E-state index is 13.8. The summed E-state index contributed by atoms with van der Waals surface area (Å²) in [6.07, 6.45) is 1.40. The summed E-state index contributed by atoms with van der Waals surface area (Å²) in [6.45, 7) is 0. The van der Waals surface area contributed by atoms with E-state index in [1.165, 1.54) is 17.2 Å². The van der Waals surface area contributed by atoms with E-state index < -0.39 is 17.8 Å². The van der Waals surface area contributed by atoms with E-state index in [2.05, 4.69) is 24.3 Å². The molecule has 6 nitrogen and oxygen atoms in total. The number of benzene rings is 3. The molecule has 3 aromatic carbocycles. The molecule has 0 spiro atoms. The fraction of sp³-hybridized carbons (Fsp3) is 0.138. The van der Waals surface area contributed by atoms with Gasteiger partial charge in [-0.1, -0.05) is 48.5 Å². The van der Waals surface area contributed by atoms with Crippen LogP contribution < -0.4 is 9.64 Å². The normalized spacial score (nSPS) is 23.6. The highest BCUT2D eigenvalue weighted by Gasteiger charge is 2.61. The Morgan fingerprint density at radius 2 is 1.20 bits per heavy atom. The Morgan fingerprint density at radius 3 is 1.66 bits per heavy atom. The lowest BCUT2D eigenvalue weighted by Gasteiger charge is -2.45. The predicted octanol–water partition coefficient (Wildman–Crippen LogP) is 4.90. The predicted molar refractivity (Wildman–Crippen MR) is 126 cm³/mol. The number of nitrogens with zero attached hydrogens (tertiary/aromatic N) is 1. The maximum atomic E-state index is 13.8. The van der Waals surface area contributed by atoms with Crippen LogP contribution in [0.15, 0.2) is 95.6 Å². The number of carbonyl (C=O) groups is 3. The molecule has 35 heavy (non-hydrogen) atoms. The summed E-state index contributed by atoms with van der Waals surface area (Å²) in [5.41, 5.74) is 5.03. The molecule has 2 bridgehead atoms. The number of ether oxygens (including phenoxy) is 1. The highest BCUT2D eigenvalue weighted by molar-refractivity contribution is 6.23. The van der Waals surface area contributed by atoms with Gasteiger partial charge < -0.3 is 9.15 Å². The number of imide groups is 1. The molecule has 2 heterocycles. The molecule has 1 aliphatic heterocycles. The smallest absolute Gasteiger partial charge is 0.379 e. The fourth-order valence-corrected chi connectivity index (χ4v) is 6.15. The summed E-state index contributed by atoms with van der Waals surface area (Å²) in [4.78, 5) is 41.0. The number of hydrogen-bond acceptors (Lipinski definition) is 5. The van der Waals surface area contributed by atoms with Crippen molar-refractivity contribution in [2.75, 3.05) is 4.90 Å². The number of hydrogen-bond donors (Lipinski definition) is 0. The van der Waals surface area contributed by atoms with Gasteiger partial charge in [-0.05, 0) is 58.7 Å². The summed E-state index contributed by atoms with van der Waals surface area (Å²) in [5.74, 6) is -1.75. The van der Waals surface area contributed by atoms with Gasteiger partial charge in [0.2, 0.25) is 17.6 Å². The van der Waals surface area contributed by atoms with Crippen LogP contribution in [0.4, 0.5) is 5.69 Å². The van der Waals surface area contributed by atoms with Crippen molar-refractivity contribution in [2.24, 2.45) is 11.8 Å². The first-order chi connectivity index (χ1) is 17.1. The van der Waals surface area contributed by atoms with E-state index in [-0.39, 0.29) is 29.4 Å². The molecule has 1 saturated heterocycles. The molecule has 170 valence electrons. The third kappa shape index (κ3) is 2.74. The van der Waals surface area contributed by atoms with Crippen LogP contribution in [0.3, 0.4) is 0 Å². The Labute approximate surface area is 200 Å². The first-order valence-electron chi connectivity index (χ1n) is 11.5. The van der Waals surface area contributed by atoms with Crippen LogP contribution in [0.25, 0.3) is 0 Å². The second-order valence-electron chi connectivity index (χ2n) is 9.14. The number of esters is 1. The zero-order valence-corrected chi connectivity index (χ0v) is 18.5. The van der Waals surface area contributed by atoms with Gasteiger partial charge in [0, 0.05) is 11.8 Å². The standard InChI is InChI=1S/C29H19NO5/c31-27-25-23-18-6-1-2-7-19(18)24(21-9-4-3-8-20(21)23)26(25)28(32)30(27)16-11-13-17(14-12-16)35-29(33)22-10-5-15-34-22/h1-15,23-26H. The molecule has 3 aliphatic carbocycles. The van der Waals surface area contributed by atoms with Crippen molar-refractivity contribution in [1.29, 1.82) is 0 Å². The molecule has 2 amide bonds. The van der Waals surface area contributed by atoms with Crippen LogP contribution in [0, 0.1) is 11.8 Å². The molecule has 0 N–H and O–H groups in total. The minimum Gasteiger partial charge on any atom is -0.457 e. The van der Waals surface area contributed by atoms with E-state index in [4.69, 9.17) is 9.15 Å². The van der Waals surface area contributed by atoms with Crippen molar-refractivity contribution in [3.05, 3.63) is 119 Å². The van der Waals surface area contributed by atoms with Gasteiger partial charge in [0.1, 0.15) is 5.75 Å². The van der Waals surface area contributed by atoms with E-state index in [1.54, 1.807) is 30.3 Å². The van der Waals surface area contributed by atoms with E-state index in [1.807, 2.05) is 24.3 Å². The van der Waals surface area contributed by atoms with E-state index >= 15 is 0 Å². The lowest BCUT2D eigenvalue weighted by Crippen LogP contribution is -2.41. The van der Waals surface area contributed by atoms with E-state index in [0.717, 1.165) is 22.3 Å². The third-order valence-electron chi connectivity index (χ3n) is 7.48. The Hall–Kier alpha value is -4.45. The molecular weight excluding hydrogens is 442 g/mol. The molecule has 1 fully saturated rings. The zero-order valence-electron chi connectivity index (χ0n) is 18.5. The average molecular weight is 461 g/mol. The zero-order chi connectivity index (χ0) is 23.7. The number of amides is 2. The van der Waals surface area contributed by atoms with Crippen LogP contribution in [0.5, 0.6) is 5.75 Å². The maximum Gasteiger partial charge on any atom is 0.379 e. The Balaban J connectivity index is 1.24. The highest BCUT2D eigenvalue weighted by Crippen LogP contribution is 2.61. The van der Waals surface area contributed by atoms with Gasteiger partial charge in [0.05, 0.1) is 23.8 Å². The number of carbonyl (C=O) groups excluding carboxylic acids is 3. The molecule has 2 atom stereocenters. The number of rotatable bonds is 3. The molecule has 1 aromatic heterocycles.